The number of nitrogens with zero attached hydrogens (tertiary/aromatic N) is 2. The quantitative estimate of drug-likeness (QED) is 0.791. The van der Waals surface area contributed by atoms with Gasteiger partial charge in [0.05, 0.1) is 6.54 Å². The number of carbonyl (C=O) groups is 2. The molecule has 0 radical (unpaired) electrons. The average molecular weight is 305 g/mol. The third kappa shape index (κ3) is 5.13. The second kappa shape index (κ2) is 7.91. The van der Waals surface area contributed by atoms with E-state index in [1.54, 1.807) is 0 Å². The van der Waals surface area contributed by atoms with Gasteiger partial charge < -0.3 is 10.4 Å². The molecule has 2 rings (SSSR count). The summed E-state index contributed by atoms with van der Waals surface area (Å²) in [5.74, 6) is -1.24. The molecule has 0 saturated carbocycles. The van der Waals surface area contributed by atoms with Gasteiger partial charge in [0.2, 0.25) is 5.91 Å². The van der Waals surface area contributed by atoms with Crippen molar-refractivity contribution in [3.8, 4) is 0 Å². The smallest absolute Gasteiger partial charge is 0.322 e. The van der Waals surface area contributed by atoms with Gasteiger partial charge >= 0.3 is 5.97 Å². The monoisotopic (exact) mass is 305 g/mol. The first-order valence-electron chi connectivity index (χ1n) is 7.52. The molecule has 1 aliphatic heterocycles. The number of piperazine rings is 1. The van der Waals surface area contributed by atoms with Crippen LogP contribution in [0.4, 0.5) is 0 Å². The molecule has 120 valence electrons. The predicted molar refractivity (Wildman–Crippen MR) is 83.5 cm³/mol. The van der Waals surface area contributed by atoms with Crippen LogP contribution in [-0.2, 0) is 16.1 Å². The largest absolute Gasteiger partial charge is 0.480 e. The minimum atomic E-state index is -1.02. The van der Waals surface area contributed by atoms with Crippen molar-refractivity contribution in [3.05, 3.63) is 35.4 Å². The molecule has 6 heteroatoms. The van der Waals surface area contributed by atoms with Crippen LogP contribution in [0.3, 0.4) is 0 Å². The number of aliphatic carboxylic acids is 1. The van der Waals surface area contributed by atoms with Crippen LogP contribution in [0, 0.1) is 6.92 Å². The number of carboxylic acids is 1. The maximum atomic E-state index is 11.6. The molecule has 0 atom stereocenters. The van der Waals surface area contributed by atoms with Crippen molar-refractivity contribution in [2.45, 2.75) is 13.5 Å². The van der Waals surface area contributed by atoms with Crippen LogP contribution in [0.5, 0.6) is 0 Å². The second-order valence-electron chi connectivity index (χ2n) is 5.65. The Hall–Kier alpha value is -1.92. The fraction of sp³-hybridized carbons (Fsp3) is 0.500. The maximum Gasteiger partial charge on any atom is 0.322 e. The standard InChI is InChI=1S/C16H23N3O3/c1-13-4-2-3-5-14(13)11-18-6-8-19(9-7-18)12-15(20)17-10-16(21)22/h2-5H,6-12H2,1H3,(H,17,20)(H,21,22). The highest BCUT2D eigenvalue weighted by Gasteiger charge is 2.19. The molecule has 1 fully saturated rings. The number of nitrogens with one attached hydrogen (secondary N) is 1. The van der Waals surface area contributed by atoms with E-state index < -0.39 is 5.97 Å². The lowest BCUT2D eigenvalue weighted by Gasteiger charge is -2.34. The summed E-state index contributed by atoms with van der Waals surface area (Å²) in [6.07, 6.45) is 0. The Morgan fingerprint density at radius 2 is 1.77 bits per heavy atom. The number of hydrogen-bond acceptors (Lipinski definition) is 4. The molecule has 0 bridgehead atoms. The Morgan fingerprint density at radius 3 is 2.41 bits per heavy atom. The average Bonchev–Trinajstić information content (AvgIpc) is 2.49. The molecule has 1 aromatic carbocycles. The van der Waals surface area contributed by atoms with Gasteiger partial charge in [-0.05, 0) is 18.1 Å². The lowest BCUT2D eigenvalue weighted by atomic mass is 10.1. The second-order valence-corrected chi connectivity index (χ2v) is 5.65. The highest BCUT2D eigenvalue weighted by molar-refractivity contribution is 5.82. The fourth-order valence-corrected chi connectivity index (χ4v) is 2.57. The van der Waals surface area contributed by atoms with E-state index in [9.17, 15) is 9.59 Å². The van der Waals surface area contributed by atoms with Gasteiger partial charge in [0.25, 0.3) is 0 Å². The topological polar surface area (TPSA) is 72.9 Å². The number of rotatable bonds is 6. The number of hydrogen-bond donors (Lipinski definition) is 2. The van der Waals surface area contributed by atoms with E-state index in [0.717, 1.165) is 32.7 Å². The summed E-state index contributed by atoms with van der Waals surface area (Å²) < 4.78 is 0. The first kappa shape index (κ1) is 16.5. The minimum absolute atomic E-state index is 0.227. The molecule has 0 spiro atoms. The van der Waals surface area contributed by atoms with Crippen molar-refractivity contribution in [1.82, 2.24) is 15.1 Å². The highest BCUT2D eigenvalue weighted by Crippen LogP contribution is 2.12. The van der Waals surface area contributed by atoms with Gasteiger partial charge in [0.1, 0.15) is 6.54 Å². The Balaban J connectivity index is 1.73. The summed E-state index contributed by atoms with van der Waals surface area (Å²) in [7, 11) is 0. The minimum Gasteiger partial charge on any atom is -0.480 e. The van der Waals surface area contributed by atoms with Crippen LogP contribution in [0.2, 0.25) is 0 Å². The molecular formula is C16H23N3O3. The van der Waals surface area contributed by atoms with Crippen molar-refractivity contribution in [1.29, 1.82) is 0 Å². The number of amides is 1. The normalized spacial score (nSPS) is 16.4. The first-order chi connectivity index (χ1) is 10.5. The summed E-state index contributed by atoms with van der Waals surface area (Å²) in [4.78, 5) is 26.5. The van der Waals surface area contributed by atoms with Gasteiger partial charge in [-0.15, -0.1) is 0 Å². The van der Waals surface area contributed by atoms with Crippen molar-refractivity contribution < 1.29 is 14.7 Å². The van der Waals surface area contributed by atoms with E-state index in [-0.39, 0.29) is 19.0 Å². The van der Waals surface area contributed by atoms with Crippen molar-refractivity contribution in [3.63, 3.8) is 0 Å². The summed E-state index contributed by atoms with van der Waals surface area (Å²) in [6, 6.07) is 8.39. The fourth-order valence-electron chi connectivity index (χ4n) is 2.57. The number of aryl methyl sites for hydroxylation is 1. The van der Waals surface area contributed by atoms with Gasteiger partial charge in [-0.3, -0.25) is 19.4 Å². The number of carboxylic acid groups (broad SMARTS) is 1. The van der Waals surface area contributed by atoms with Crippen LogP contribution in [0.25, 0.3) is 0 Å². The zero-order valence-corrected chi connectivity index (χ0v) is 12.9. The first-order valence-corrected chi connectivity index (χ1v) is 7.52. The van der Waals surface area contributed by atoms with E-state index in [0.29, 0.717) is 0 Å². The molecule has 0 aromatic heterocycles. The van der Waals surface area contributed by atoms with Crippen molar-refractivity contribution in [2.24, 2.45) is 0 Å². The van der Waals surface area contributed by atoms with Crippen molar-refractivity contribution in [2.75, 3.05) is 39.3 Å². The summed E-state index contributed by atoms with van der Waals surface area (Å²) in [5.41, 5.74) is 2.65. The maximum absolute atomic E-state index is 11.6. The third-order valence-corrected chi connectivity index (χ3v) is 3.92. The van der Waals surface area contributed by atoms with E-state index in [4.69, 9.17) is 5.11 Å². The molecule has 1 amide bonds. The van der Waals surface area contributed by atoms with Gasteiger partial charge in [-0.2, -0.15) is 0 Å². The Labute approximate surface area is 130 Å². The molecule has 0 unspecified atom stereocenters. The molecule has 1 saturated heterocycles. The van der Waals surface area contributed by atoms with Crippen LogP contribution >= 0.6 is 0 Å². The van der Waals surface area contributed by atoms with E-state index in [1.807, 2.05) is 6.07 Å². The molecular weight excluding hydrogens is 282 g/mol. The van der Waals surface area contributed by atoms with Crippen LogP contribution < -0.4 is 5.32 Å². The Morgan fingerprint density at radius 1 is 1.14 bits per heavy atom. The molecule has 1 aromatic rings. The SMILES string of the molecule is Cc1ccccc1CN1CCN(CC(=O)NCC(=O)O)CC1. The molecule has 22 heavy (non-hydrogen) atoms. The van der Waals surface area contributed by atoms with Gasteiger partial charge in [-0.25, -0.2) is 0 Å². The molecule has 6 nitrogen and oxygen atoms in total. The number of carbonyl (C=O) groups excluding carboxylic acids is 1. The summed E-state index contributed by atoms with van der Waals surface area (Å²) in [5, 5.41) is 10.9. The van der Waals surface area contributed by atoms with Gasteiger partial charge in [-0.1, -0.05) is 24.3 Å². The van der Waals surface area contributed by atoms with Crippen molar-refractivity contribution >= 4 is 11.9 Å². The zero-order valence-electron chi connectivity index (χ0n) is 12.9. The lowest BCUT2D eigenvalue weighted by Crippen LogP contribution is -2.49. The lowest BCUT2D eigenvalue weighted by molar-refractivity contribution is -0.138. The molecule has 0 aliphatic carbocycles. The van der Waals surface area contributed by atoms with Gasteiger partial charge in [0.15, 0.2) is 0 Å². The van der Waals surface area contributed by atoms with Crippen LogP contribution in [0.1, 0.15) is 11.1 Å². The predicted octanol–water partition coefficient (Wildman–Crippen LogP) is 0.313. The highest BCUT2D eigenvalue weighted by atomic mass is 16.4. The number of benzene rings is 1. The summed E-state index contributed by atoms with van der Waals surface area (Å²) >= 11 is 0. The Bertz CT molecular complexity index is 525. The molecule has 1 aliphatic rings. The Kier molecular flexibility index (Phi) is 5.91. The van der Waals surface area contributed by atoms with E-state index in [1.165, 1.54) is 11.1 Å². The van der Waals surface area contributed by atoms with E-state index >= 15 is 0 Å². The van der Waals surface area contributed by atoms with E-state index in [2.05, 4.69) is 40.2 Å². The third-order valence-electron chi connectivity index (χ3n) is 3.92. The molecule has 2 N–H and O–H groups in total. The molecule has 1 heterocycles. The van der Waals surface area contributed by atoms with Gasteiger partial charge in [0, 0.05) is 32.7 Å². The summed E-state index contributed by atoms with van der Waals surface area (Å²) in [6.45, 7) is 6.50. The van der Waals surface area contributed by atoms with Crippen LogP contribution in [-0.4, -0.2) is 66.1 Å². The zero-order chi connectivity index (χ0) is 15.9. The van der Waals surface area contributed by atoms with Crippen LogP contribution in [0.15, 0.2) is 24.3 Å².